The summed E-state index contributed by atoms with van der Waals surface area (Å²) in [5, 5.41) is 0.454. The van der Waals surface area contributed by atoms with Crippen LogP contribution < -0.4 is 4.74 Å². The normalized spacial score (nSPS) is 13.3. The molecule has 1 saturated heterocycles. The Bertz CT molecular complexity index is 1800. The van der Waals surface area contributed by atoms with E-state index in [1.807, 2.05) is 24.3 Å². The Hall–Kier alpha value is -5.31. The highest BCUT2D eigenvalue weighted by Crippen LogP contribution is 2.28. The van der Waals surface area contributed by atoms with Gasteiger partial charge in [-0.2, -0.15) is 0 Å². The minimum absolute atomic E-state index is 0.0321. The van der Waals surface area contributed by atoms with Crippen LogP contribution in [-0.4, -0.2) is 83.5 Å². The van der Waals surface area contributed by atoms with Crippen LogP contribution in [0.15, 0.2) is 42.5 Å². The first-order chi connectivity index (χ1) is 30.3. The van der Waals surface area contributed by atoms with Gasteiger partial charge in [0.05, 0.1) is 24.7 Å². The minimum atomic E-state index is -1.16. The number of hydrogen-bond acceptors (Lipinski definition) is 13. The summed E-state index contributed by atoms with van der Waals surface area (Å²) < 4.78 is 27.6. The van der Waals surface area contributed by atoms with Crippen molar-refractivity contribution in [3.8, 4) is 5.75 Å². The molecule has 0 aliphatic carbocycles. The van der Waals surface area contributed by atoms with Crippen LogP contribution in [-0.2, 0) is 54.4 Å². The molecule has 1 atom stereocenters. The van der Waals surface area contributed by atoms with Crippen LogP contribution >= 0.6 is 0 Å². The van der Waals surface area contributed by atoms with Crippen LogP contribution in [0.4, 0.5) is 0 Å². The molecule has 0 aromatic heterocycles. The fourth-order valence-corrected chi connectivity index (χ4v) is 6.95. The van der Waals surface area contributed by atoms with Gasteiger partial charge in [0.2, 0.25) is 5.91 Å². The zero-order chi connectivity index (χ0) is 47.3. The maximum atomic E-state index is 14.0. The van der Waals surface area contributed by atoms with Crippen molar-refractivity contribution in [1.82, 2.24) is 9.96 Å². The van der Waals surface area contributed by atoms with E-state index < -0.39 is 47.2 Å². The summed E-state index contributed by atoms with van der Waals surface area (Å²) in [5.41, 5.74) is -0.436. The number of hydrogen-bond donors (Lipinski definition) is 0. The first-order valence-electron chi connectivity index (χ1n) is 22.6. The molecule has 2 aromatic carbocycles. The van der Waals surface area contributed by atoms with Crippen molar-refractivity contribution >= 4 is 41.6 Å². The number of imide groups is 1. The van der Waals surface area contributed by atoms with Crippen LogP contribution in [0.25, 0.3) is 0 Å². The van der Waals surface area contributed by atoms with E-state index in [9.17, 15) is 33.6 Å². The van der Waals surface area contributed by atoms with Gasteiger partial charge in [0.25, 0.3) is 11.8 Å². The quantitative estimate of drug-likeness (QED) is 0.0272. The smallest absolute Gasteiger partial charge is 0.338 e. The molecule has 0 bridgehead atoms. The third kappa shape index (κ3) is 19.6. The molecule has 354 valence electrons. The van der Waals surface area contributed by atoms with E-state index in [-0.39, 0.29) is 67.4 Å². The number of carbonyl (C=O) groups excluding carboxylic acids is 7. The standard InChI is InChI=1S/C49H70N2O13/c1-48(2,3)62-46(57)37-31-36(32-38(33-37)47(58)63-49(4,5)6)45(60-8)50(30-29-44(56)64-51-41(53)27-28-42(51)54)40(52)21-19-17-15-13-11-9-10-12-14-16-18-20-22-43(55)61-34-35-23-25-39(59-7)26-24-35/h23-26,31-33,45H,9-22,27-30,34H2,1-8H3. The zero-order valence-corrected chi connectivity index (χ0v) is 39.3. The van der Waals surface area contributed by atoms with Crippen LogP contribution in [0.1, 0.15) is 189 Å². The zero-order valence-electron chi connectivity index (χ0n) is 39.3. The molecule has 1 aliphatic rings. The molecule has 3 amide bonds. The molecular weight excluding hydrogens is 825 g/mol. The average molecular weight is 895 g/mol. The number of methoxy groups -OCH3 is 2. The summed E-state index contributed by atoms with van der Waals surface area (Å²) in [7, 11) is 2.98. The predicted octanol–water partition coefficient (Wildman–Crippen LogP) is 9.28. The van der Waals surface area contributed by atoms with Gasteiger partial charge in [0, 0.05) is 44.9 Å². The molecule has 1 unspecified atom stereocenters. The number of carbonyl (C=O) groups is 7. The Morgan fingerprint density at radius 1 is 0.625 bits per heavy atom. The van der Waals surface area contributed by atoms with E-state index >= 15 is 0 Å². The van der Waals surface area contributed by atoms with E-state index in [0.29, 0.717) is 17.9 Å². The lowest BCUT2D eigenvalue weighted by Crippen LogP contribution is -2.39. The number of nitrogens with zero attached hydrogens (tertiary/aromatic N) is 2. The Balaban J connectivity index is 1.51. The molecule has 1 heterocycles. The van der Waals surface area contributed by atoms with Gasteiger partial charge in [-0.05, 0) is 90.3 Å². The van der Waals surface area contributed by atoms with Gasteiger partial charge in [0.15, 0.2) is 6.23 Å². The second kappa shape index (κ2) is 26.5. The Morgan fingerprint density at radius 2 is 1.09 bits per heavy atom. The molecular formula is C49H70N2O13. The summed E-state index contributed by atoms with van der Waals surface area (Å²) in [6.07, 6.45) is 10.8. The number of unbranched alkanes of at least 4 members (excludes halogenated alkanes) is 11. The van der Waals surface area contributed by atoms with E-state index in [4.69, 9.17) is 28.5 Å². The van der Waals surface area contributed by atoms with Gasteiger partial charge < -0.3 is 33.4 Å². The molecule has 0 radical (unpaired) electrons. The summed E-state index contributed by atoms with van der Waals surface area (Å²) in [5.74, 6) is -3.32. The van der Waals surface area contributed by atoms with Gasteiger partial charge >= 0.3 is 23.9 Å². The van der Waals surface area contributed by atoms with E-state index in [1.165, 1.54) is 30.2 Å². The highest BCUT2D eigenvalue weighted by atomic mass is 16.7. The van der Waals surface area contributed by atoms with E-state index in [1.54, 1.807) is 48.7 Å². The van der Waals surface area contributed by atoms with Gasteiger partial charge in [-0.15, -0.1) is 5.06 Å². The number of hydroxylamine groups is 2. The topological polar surface area (TPSA) is 181 Å². The largest absolute Gasteiger partial charge is 0.497 e. The van der Waals surface area contributed by atoms with Crippen molar-refractivity contribution in [3.63, 3.8) is 0 Å². The molecule has 0 saturated carbocycles. The minimum Gasteiger partial charge on any atom is -0.497 e. The summed E-state index contributed by atoms with van der Waals surface area (Å²) in [6.45, 7) is 10.3. The highest BCUT2D eigenvalue weighted by Gasteiger charge is 2.34. The lowest BCUT2D eigenvalue weighted by molar-refractivity contribution is -0.198. The van der Waals surface area contributed by atoms with Crippen molar-refractivity contribution in [1.29, 1.82) is 0 Å². The van der Waals surface area contributed by atoms with Crippen molar-refractivity contribution < 1.29 is 62.1 Å². The molecule has 64 heavy (non-hydrogen) atoms. The second-order valence-electron chi connectivity index (χ2n) is 18.1. The van der Waals surface area contributed by atoms with Crippen LogP contribution in [0.3, 0.4) is 0 Å². The lowest BCUT2D eigenvalue weighted by Gasteiger charge is -2.32. The molecule has 15 nitrogen and oxygen atoms in total. The van der Waals surface area contributed by atoms with Gasteiger partial charge in [0.1, 0.15) is 23.6 Å². The SMILES string of the molecule is COc1ccc(COC(=O)CCCCCCCCCCCCCCC(=O)N(CCC(=O)ON2C(=O)CCC2=O)C(OC)c2cc(C(=O)OC(C)(C)C)cc(C(=O)OC(C)(C)C)c2)cc1. The lowest BCUT2D eigenvalue weighted by atomic mass is 10.0. The van der Waals surface area contributed by atoms with Crippen LogP contribution in [0.5, 0.6) is 5.75 Å². The number of esters is 3. The maximum Gasteiger partial charge on any atom is 0.338 e. The van der Waals surface area contributed by atoms with Crippen LogP contribution in [0.2, 0.25) is 0 Å². The van der Waals surface area contributed by atoms with Crippen molar-refractivity contribution in [3.05, 3.63) is 64.7 Å². The average Bonchev–Trinajstić information content (AvgIpc) is 3.55. The molecule has 3 rings (SSSR count). The second-order valence-corrected chi connectivity index (χ2v) is 18.1. The van der Waals surface area contributed by atoms with Gasteiger partial charge in [-0.1, -0.05) is 76.3 Å². The summed E-state index contributed by atoms with van der Waals surface area (Å²) in [6, 6.07) is 11.8. The monoisotopic (exact) mass is 894 g/mol. The Labute approximate surface area is 378 Å². The Kier molecular flexibility index (Phi) is 21.9. The van der Waals surface area contributed by atoms with Crippen molar-refractivity contribution in [2.45, 2.75) is 175 Å². The van der Waals surface area contributed by atoms with Gasteiger partial charge in [-0.25, -0.2) is 14.4 Å². The Morgan fingerprint density at radius 3 is 1.55 bits per heavy atom. The third-order valence-electron chi connectivity index (χ3n) is 10.2. The molecule has 1 fully saturated rings. The summed E-state index contributed by atoms with van der Waals surface area (Å²) in [4.78, 5) is 96.2. The van der Waals surface area contributed by atoms with E-state index in [2.05, 4.69) is 0 Å². The van der Waals surface area contributed by atoms with Crippen LogP contribution in [0, 0.1) is 0 Å². The first-order valence-corrected chi connectivity index (χ1v) is 22.6. The highest BCUT2D eigenvalue weighted by molar-refractivity contribution is 6.01. The molecule has 0 N–H and O–H groups in total. The fourth-order valence-electron chi connectivity index (χ4n) is 6.95. The maximum absolute atomic E-state index is 14.0. The number of ether oxygens (including phenoxy) is 5. The van der Waals surface area contributed by atoms with Gasteiger partial charge in [-0.3, -0.25) is 19.2 Å². The summed E-state index contributed by atoms with van der Waals surface area (Å²) >= 11 is 0. The van der Waals surface area contributed by atoms with E-state index in [0.717, 1.165) is 81.9 Å². The molecule has 0 spiro atoms. The fraction of sp³-hybridized carbons (Fsp3) is 0.612. The predicted molar refractivity (Wildman–Crippen MR) is 237 cm³/mol. The molecule has 2 aromatic rings. The number of benzene rings is 2. The number of rotatable bonds is 27. The van der Waals surface area contributed by atoms with Crippen molar-refractivity contribution in [2.75, 3.05) is 20.8 Å². The third-order valence-corrected chi connectivity index (χ3v) is 10.2. The van der Waals surface area contributed by atoms with Crippen molar-refractivity contribution in [2.24, 2.45) is 0 Å². The number of amides is 3. The molecule has 1 aliphatic heterocycles. The molecule has 15 heteroatoms. The first kappa shape index (κ1) is 53.0.